The number of carbonyl (C=O) groups excluding carboxylic acids is 1. The molecule has 4 heteroatoms. The molecule has 0 amide bonds. The van der Waals surface area contributed by atoms with Crippen LogP contribution in [0.15, 0.2) is 0 Å². The van der Waals surface area contributed by atoms with Crippen LogP contribution in [0.5, 0.6) is 0 Å². The number of ether oxygens (including phenoxy) is 2. The van der Waals surface area contributed by atoms with E-state index in [-0.39, 0.29) is 18.1 Å². The first-order valence-corrected chi connectivity index (χ1v) is 5.59. The average Bonchev–Trinajstić information content (AvgIpc) is 2.48. The Morgan fingerprint density at radius 1 is 1.67 bits per heavy atom. The summed E-state index contributed by atoms with van der Waals surface area (Å²) < 4.78 is 10.6. The van der Waals surface area contributed by atoms with E-state index >= 15 is 0 Å². The second-order valence-corrected chi connectivity index (χ2v) is 4.25. The van der Waals surface area contributed by atoms with Crippen LogP contribution in [-0.2, 0) is 14.3 Å². The van der Waals surface area contributed by atoms with E-state index in [1.165, 1.54) is 0 Å². The smallest absolute Gasteiger partial charge is 0.329 e. The van der Waals surface area contributed by atoms with E-state index in [0.717, 1.165) is 0 Å². The molecule has 0 bridgehead atoms. The zero-order chi connectivity index (χ0) is 11.5. The second kappa shape index (κ2) is 4.94. The van der Waals surface area contributed by atoms with Crippen molar-refractivity contribution >= 4 is 5.97 Å². The van der Waals surface area contributed by atoms with Crippen LogP contribution >= 0.6 is 0 Å². The Hall–Kier alpha value is -0.610. The summed E-state index contributed by atoms with van der Waals surface area (Å²) in [5.74, 6) is -0.191. The normalized spacial score (nSPS) is 30.9. The van der Waals surface area contributed by atoms with Crippen molar-refractivity contribution < 1.29 is 14.3 Å². The van der Waals surface area contributed by atoms with Crippen LogP contribution in [0.3, 0.4) is 0 Å². The summed E-state index contributed by atoms with van der Waals surface area (Å²) >= 11 is 0. The average molecular weight is 215 g/mol. The molecule has 1 saturated heterocycles. The summed E-state index contributed by atoms with van der Waals surface area (Å²) in [6.45, 7) is 8.80. The molecule has 0 radical (unpaired) electrons. The Kier molecular flexibility index (Phi) is 4.11. The maximum atomic E-state index is 11.9. The fourth-order valence-corrected chi connectivity index (χ4v) is 2.03. The lowest BCUT2D eigenvalue weighted by atomic mass is 9.91. The van der Waals surface area contributed by atoms with Crippen molar-refractivity contribution in [3.63, 3.8) is 0 Å². The number of rotatable bonds is 4. The van der Waals surface area contributed by atoms with E-state index in [2.05, 4.69) is 5.32 Å². The Morgan fingerprint density at radius 3 is 2.73 bits per heavy atom. The minimum Gasteiger partial charge on any atom is -0.465 e. The van der Waals surface area contributed by atoms with Crippen molar-refractivity contribution in [3.8, 4) is 0 Å². The van der Waals surface area contributed by atoms with Crippen molar-refractivity contribution in [2.45, 2.75) is 51.8 Å². The van der Waals surface area contributed by atoms with Crippen LogP contribution in [-0.4, -0.2) is 36.9 Å². The third-order valence-corrected chi connectivity index (χ3v) is 2.74. The SMILES string of the molecule is CCOC(=O)C1(NC(C)C)CCOC1C. The molecular formula is C11H21NO3. The number of hydrogen-bond donors (Lipinski definition) is 1. The molecule has 0 aromatic rings. The fourth-order valence-electron chi connectivity index (χ4n) is 2.03. The van der Waals surface area contributed by atoms with Gasteiger partial charge < -0.3 is 9.47 Å². The van der Waals surface area contributed by atoms with Gasteiger partial charge in [0.1, 0.15) is 5.54 Å². The molecule has 1 fully saturated rings. The summed E-state index contributed by atoms with van der Waals surface area (Å²) in [5, 5.41) is 3.29. The Bertz CT molecular complexity index is 230. The number of nitrogens with one attached hydrogen (secondary N) is 1. The van der Waals surface area contributed by atoms with Crippen LogP contribution in [0, 0.1) is 0 Å². The van der Waals surface area contributed by atoms with Crippen molar-refractivity contribution in [2.75, 3.05) is 13.2 Å². The minimum atomic E-state index is -0.649. The predicted molar refractivity (Wildman–Crippen MR) is 57.7 cm³/mol. The quantitative estimate of drug-likeness (QED) is 0.713. The molecule has 1 rings (SSSR count). The largest absolute Gasteiger partial charge is 0.465 e. The summed E-state index contributed by atoms with van der Waals surface area (Å²) in [5.41, 5.74) is -0.649. The van der Waals surface area contributed by atoms with E-state index in [1.54, 1.807) is 0 Å². The van der Waals surface area contributed by atoms with E-state index in [0.29, 0.717) is 19.6 Å². The second-order valence-electron chi connectivity index (χ2n) is 4.25. The van der Waals surface area contributed by atoms with Crippen LogP contribution in [0.25, 0.3) is 0 Å². The molecule has 1 aliphatic rings. The summed E-state index contributed by atoms with van der Waals surface area (Å²) in [6.07, 6.45) is 0.560. The van der Waals surface area contributed by atoms with Crippen molar-refractivity contribution in [1.82, 2.24) is 5.32 Å². The first-order valence-electron chi connectivity index (χ1n) is 5.59. The van der Waals surface area contributed by atoms with Crippen LogP contribution in [0.4, 0.5) is 0 Å². The molecule has 0 aliphatic carbocycles. The molecule has 4 nitrogen and oxygen atoms in total. The number of carbonyl (C=O) groups is 1. The standard InChI is InChI=1S/C11H21NO3/c1-5-14-10(13)11(12-8(2)3)6-7-15-9(11)4/h8-9,12H,5-7H2,1-4H3. The van der Waals surface area contributed by atoms with Gasteiger partial charge in [0.2, 0.25) is 0 Å². The lowest BCUT2D eigenvalue weighted by Gasteiger charge is -2.32. The van der Waals surface area contributed by atoms with Crippen LogP contribution in [0.1, 0.15) is 34.1 Å². The van der Waals surface area contributed by atoms with Gasteiger partial charge in [-0.05, 0) is 27.7 Å². The molecule has 1 heterocycles. The Balaban J connectivity index is 2.80. The van der Waals surface area contributed by atoms with Crippen molar-refractivity contribution in [1.29, 1.82) is 0 Å². The first kappa shape index (κ1) is 12.5. The molecule has 2 atom stereocenters. The zero-order valence-electron chi connectivity index (χ0n) is 10.0. The molecule has 0 aromatic heterocycles. The molecule has 2 unspecified atom stereocenters. The van der Waals surface area contributed by atoms with Crippen molar-refractivity contribution in [3.05, 3.63) is 0 Å². The van der Waals surface area contributed by atoms with E-state index in [1.807, 2.05) is 27.7 Å². The highest BCUT2D eigenvalue weighted by atomic mass is 16.5. The van der Waals surface area contributed by atoms with Crippen LogP contribution in [0.2, 0.25) is 0 Å². The summed E-state index contributed by atoms with van der Waals surface area (Å²) in [7, 11) is 0. The maximum absolute atomic E-state index is 11.9. The molecular weight excluding hydrogens is 194 g/mol. The summed E-state index contributed by atoms with van der Waals surface area (Å²) in [6, 6.07) is 0.235. The van der Waals surface area contributed by atoms with Gasteiger partial charge >= 0.3 is 5.97 Å². The number of hydrogen-bond acceptors (Lipinski definition) is 4. The monoisotopic (exact) mass is 215 g/mol. The topological polar surface area (TPSA) is 47.6 Å². The Labute approximate surface area is 91.3 Å². The lowest BCUT2D eigenvalue weighted by molar-refractivity contribution is -0.153. The third kappa shape index (κ3) is 2.49. The van der Waals surface area contributed by atoms with Gasteiger partial charge in [-0.1, -0.05) is 0 Å². The molecule has 88 valence electrons. The lowest BCUT2D eigenvalue weighted by Crippen LogP contribution is -2.59. The first-order chi connectivity index (χ1) is 7.03. The molecule has 0 spiro atoms. The van der Waals surface area contributed by atoms with Gasteiger partial charge in [0, 0.05) is 19.1 Å². The van der Waals surface area contributed by atoms with Gasteiger partial charge in [-0.3, -0.25) is 5.32 Å². The molecule has 1 aliphatic heterocycles. The molecule has 0 aromatic carbocycles. The van der Waals surface area contributed by atoms with E-state index in [4.69, 9.17) is 9.47 Å². The zero-order valence-corrected chi connectivity index (χ0v) is 10.0. The molecule has 15 heavy (non-hydrogen) atoms. The predicted octanol–water partition coefficient (Wildman–Crippen LogP) is 1.10. The number of esters is 1. The highest BCUT2D eigenvalue weighted by Gasteiger charge is 2.49. The van der Waals surface area contributed by atoms with Gasteiger partial charge in [0.25, 0.3) is 0 Å². The van der Waals surface area contributed by atoms with Gasteiger partial charge in [-0.25, -0.2) is 4.79 Å². The highest BCUT2D eigenvalue weighted by Crippen LogP contribution is 2.27. The van der Waals surface area contributed by atoms with Gasteiger partial charge in [-0.2, -0.15) is 0 Å². The van der Waals surface area contributed by atoms with E-state index < -0.39 is 5.54 Å². The van der Waals surface area contributed by atoms with Gasteiger partial charge in [0.15, 0.2) is 0 Å². The fraction of sp³-hybridized carbons (Fsp3) is 0.909. The van der Waals surface area contributed by atoms with Gasteiger partial charge in [-0.15, -0.1) is 0 Å². The third-order valence-electron chi connectivity index (χ3n) is 2.74. The molecule has 1 N–H and O–H groups in total. The summed E-state index contributed by atoms with van der Waals surface area (Å²) in [4.78, 5) is 11.9. The van der Waals surface area contributed by atoms with Crippen molar-refractivity contribution in [2.24, 2.45) is 0 Å². The van der Waals surface area contributed by atoms with E-state index in [9.17, 15) is 4.79 Å². The van der Waals surface area contributed by atoms with Crippen LogP contribution < -0.4 is 5.32 Å². The Morgan fingerprint density at radius 2 is 2.33 bits per heavy atom. The highest BCUT2D eigenvalue weighted by molar-refractivity contribution is 5.82. The minimum absolute atomic E-state index is 0.126. The molecule has 0 saturated carbocycles. The maximum Gasteiger partial charge on any atom is 0.329 e. The van der Waals surface area contributed by atoms with Gasteiger partial charge in [0.05, 0.1) is 12.7 Å².